The number of anilines is 2. The van der Waals surface area contributed by atoms with Crippen LogP contribution in [0.3, 0.4) is 0 Å². The number of aryl methyl sites for hydroxylation is 3. The maximum Gasteiger partial charge on any atom is 0.262 e. The summed E-state index contributed by atoms with van der Waals surface area (Å²) in [6.45, 7) is 5.58. The summed E-state index contributed by atoms with van der Waals surface area (Å²) in [6, 6.07) is 18.9. The van der Waals surface area contributed by atoms with Gasteiger partial charge in [0.05, 0.1) is 4.90 Å². The highest BCUT2D eigenvalue weighted by Crippen LogP contribution is 2.21. The molecular formula is C23H24N2O4S. The second kappa shape index (κ2) is 9.00. The number of sulfonamides is 1. The van der Waals surface area contributed by atoms with E-state index < -0.39 is 10.0 Å². The largest absolute Gasteiger partial charge is 0.484 e. The summed E-state index contributed by atoms with van der Waals surface area (Å²) in [4.78, 5) is 12.1. The first kappa shape index (κ1) is 21.4. The van der Waals surface area contributed by atoms with Crippen LogP contribution >= 0.6 is 0 Å². The van der Waals surface area contributed by atoms with Gasteiger partial charge in [-0.15, -0.1) is 0 Å². The van der Waals surface area contributed by atoms with Gasteiger partial charge in [0.1, 0.15) is 5.75 Å². The molecule has 156 valence electrons. The molecule has 0 aliphatic rings. The number of ether oxygens (including phenoxy) is 1. The molecule has 3 aromatic rings. The van der Waals surface area contributed by atoms with E-state index in [2.05, 4.69) is 10.0 Å². The first-order valence-corrected chi connectivity index (χ1v) is 10.9. The van der Waals surface area contributed by atoms with Crippen molar-refractivity contribution in [2.24, 2.45) is 0 Å². The summed E-state index contributed by atoms with van der Waals surface area (Å²) in [7, 11) is -3.72. The number of rotatable bonds is 7. The number of hydrogen-bond donors (Lipinski definition) is 2. The van der Waals surface area contributed by atoms with Gasteiger partial charge < -0.3 is 10.1 Å². The quantitative estimate of drug-likeness (QED) is 0.588. The lowest BCUT2D eigenvalue weighted by molar-refractivity contribution is -0.118. The molecule has 0 saturated heterocycles. The maximum atomic E-state index is 12.6. The highest BCUT2D eigenvalue weighted by atomic mass is 32.2. The van der Waals surface area contributed by atoms with Gasteiger partial charge in [-0.25, -0.2) is 8.42 Å². The van der Waals surface area contributed by atoms with Crippen molar-refractivity contribution in [3.63, 3.8) is 0 Å². The van der Waals surface area contributed by atoms with Crippen LogP contribution in [0.25, 0.3) is 0 Å². The minimum absolute atomic E-state index is 0.109. The van der Waals surface area contributed by atoms with Crippen molar-refractivity contribution in [2.75, 3.05) is 16.6 Å². The zero-order chi connectivity index (χ0) is 21.7. The molecule has 2 N–H and O–H groups in total. The Kier molecular flexibility index (Phi) is 6.42. The van der Waals surface area contributed by atoms with E-state index >= 15 is 0 Å². The zero-order valence-electron chi connectivity index (χ0n) is 17.1. The predicted octanol–water partition coefficient (Wildman–Crippen LogP) is 4.43. The van der Waals surface area contributed by atoms with Crippen LogP contribution in [0.2, 0.25) is 0 Å². The van der Waals surface area contributed by atoms with Crippen LogP contribution in [0, 0.1) is 20.8 Å². The predicted molar refractivity (Wildman–Crippen MR) is 118 cm³/mol. The number of benzene rings is 3. The third-order valence-corrected chi connectivity index (χ3v) is 5.68. The standard InChI is InChI=1S/C23H24N2O4S/c1-16-5-4-6-19(12-16)24-23(26)15-29-21-7-9-22(10-8-21)30(27,28)25-20-13-17(2)11-18(3)14-20/h4-14,25H,15H2,1-3H3,(H,24,26). The molecule has 0 atom stereocenters. The molecule has 0 unspecified atom stereocenters. The third kappa shape index (κ3) is 5.84. The van der Waals surface area contributed by atoms with Gasteiger partial charge >= 0.3 is 0 Å². The van der Waals surface area contributed by atoms with Gasteiger partial charge in [0, 0.05) is 11.4 Å². The van der Waals surface area contributed by atoms with Crippen molar-refractivity contribution in [2.45, 2.75) is 25.7 Å². The van der Waals surface area contributed by atoms with Gasteiger partial charge in [-0.1, -0.05) is 18.2 Å². The van der Waals surface area contributed by atoms with E-state index in [9.17, 15) is 13.2 Å². The summed E-state index contributed by atoms with van der Waals surface area (Å²) in [5.41, 5.74) is 4.20. The zero-order valence-corrected chi connectivity index (χ0v) is 17.9. The van der Waals surface area contributed by atoms with E-state index in [-0.39, 0.29) is 17.4 Å². The van der Waals surface area contributed by atoms with Crippen molar-refractivity contribution >= 4 is 27.3 Å². The van der Waals surface area contributed by atoms with E-state index in [1.54, 1.807) is 18.2 Å². The van der Waals surface area contributed by atoms with Crippen molar-refractivity contribution < 1.29 is 17.9 Å². The van der Waals surface area contributed by atoms with Crippen molar-refractivity contribution in [1.29, 1.82) is 0 Å². The van der Waals surface area contributed by atoms with E-state index in [1.165, 1.54) is 24.3 Å². The van der Waals surface area contributed by atoms with Crippen molar-refractivity contribution in [3.8, 4) is 5.75 Å². The summed E-state index contributed by atoms with van der Waals surface area (Å²) < 4.78 is 33.3. The molecule has 30 heavy (non-hydrogen) atoms. The number of carbonyl (C=O) groups is 1. The molecule has 0 aliphatic carbocycles. The molecule has 0 fully saturated rings. The Morgan fingerprint density at radius 2 is 1.47 bits per heavy atom. The van der Waals surface area contributed by atoms with Crippen LogP contribution in [-0.2, 0) is 14.8 Å². The van der Waals surface area contributed by atoms with E-state index in [4.69, 9.17) is 4.74 Å². The van der Waals surface area contributed by atoms with Crippen LogP contribution in [-0.4, -0.2) is 20.9 Å². The first-order chi connectivity index (χ1) is 14.2. The monoisotopic (exact) mass is 424 g/mol. The maximum absolute atomic E-state index is 12.6. The minimum Gasteiger partial charge on any atom is -0.484 e. The van der Waals surface area contributed by atoms with Crippen LogP contribution in [0.5, 0.6) is 5.75 Å². The van der Waals surface area contributed by atoms with Gasteiger partial charge in [0.2, 0.25) is 0 Å². The molecule has 0 heterocycles. The van der Waals surface area contributed by atoms with E-state index in [0.29, 0.717) is 17.1 Å². The van der Waals surface area contributed by atoms with Crippen molar-refractivity contribution in [1.82, 2.24) is 0 Å². The Labute approximate surface area is 177 Å². The lowest BCUT2D eigenvalue weighted by Gasteiger charge is -2.11. The molecule has 0 aliphatic heterocycles. The molecule has 0 bridgehead atoms. The highest BCUT2D eigenvalue weighted by molar-refractivity contribution is 7.92. The van der Waals surface area contributed by atoms with Gasteiger partial charge in [-0.3, -0.25) is 9.52 Å². The normalized spacial score (nSPS) is 11.0. The molecule has 3 aromatic carbocycles. The second-order valence-electron chi connectivity index (χ2n) is 7.16. The Hall–Kier alpha value is -3.32. The lowest BCUT2D eigenvalue weighted by atomic mass is 10.1. The fraction of sp³-hybridized carbons (Fsp3) is 0.174. The molecule has 6 nitrogen and oxygen atoms in total. The lowest BCUT2D eigenvalue weighted by Crippen LogP contribution is -2.20. The minimum atomic E-state index is -3.72. The third-order valence-electron chi connectivity index (χ3n) is 4.28. The fourth-order valence-corrected chi connectivity index (χ4v) is 4.07. The Morgan fingerprint density at radius 1 is 0.833 bits per heavy atom. The molecule has 0 radical (unpaired) electrons. The van der Waals surface area contributed by atoms with Crippen LogP contribution in [0.4, 0.5) is 11.4 Å². The molecule has 7 heteroatoms. The number of amides is 1. The number of carbonyl (C=O) groups excluding carboxylic acids is 1. The fourth-order valence-electron chi connectivity index (χ4n) is 3.03. The summed E-state index contributed by atoms with van der Waals surface area (Å²) in [5, 5.41) is 2.76. The first-order valence-electron chi connectivity index (χ1n) is 9.42. The molecule has 3 rings (SSSR count). The molecule has 0 aromatic heterocycles. The van der Waals surface area contributed by atoms with E-state index in [0.717, 1.165) is 16.7 Å². The average Bonchev–Trinajstić information content (AvgIpc) is 2.65. The summed E-state index contributed by atoms with van der Waals surface area (Å²) >= 11 is 0. The number of hydrogen-bond acceptors (Lipinski definition) is 4. The van der Waals surface area contributed by atoms with Crippen molar-refractivity contribution in [3.05, 3.63) is 83.4 Å². The van der Waals surface area contributed by atoms with Gasteiger partial charge in [-0.2, -0.15) is 0 Å². The summed E-state index contributed by atoms with van der Waals surface area (Å²) in [5.74, 6) is 0.105. The number of nitrogens with one attached hydrogen (secondary N) is 2. The molecule has 0 spiro atoms. The van der Waals surface area contributed by atoms with Crippen LogP contribution in [0.1, 0.15) is 16.7 Å². The highest BCUT2D eigenvalue weighted by Gasteiger charge is 2.15. The van der Waals surface area contributed by atoms with Crippen LogP contribution in [0.15, 0.2) is 71.6 Å². The summed E-state index contributed by atoms with van der Waals surface area (Å²) in [6.07, 6.45) is 0. The Bertz CT molecular complexity index is 1140. The Balaban J connectivity index is 1.60. The van der Waals surface area contributed by atoms with Gasteiger partial charge in [-0.05, 0) is 86.0 Å². The second-order valence-corrected chi connectivity index (χ2v) is 8.84. The van der Waals surface area contributed by atoms with Gasteiger partial charge in [0.15, 0.2) is 6.61 Å². The SMILES string of the molecule is Cc1cccc(NC(=O)COc2ccc(S(=O)(=O)Nc3cc(C)cc(C)c3)cc2)c1. The molecular weight excluding hydrogens is 400 g/mol. The smallest absolute Gasteiger partial charge is 0.262 e. The topological polar surface area (TPSA) is 84.5 Å². The van der Waals surface area contributed by atoms with E-state index in [1.807, 2.05) is 45.0 Å². The average molecular weight is 425 g/mol. The molecule has 1 amide bonds. The Morgan fingerprint density at radius 3 is 2.10 bits per heavy atom. The van der Waals surface area contributed by atoms with Crippen LogP contribution < -0.4 is 14.8 Å². The van der Waals surface area contributed by atoms with Gasteiger partial charge in [0.25, 0.3) is 15.9 Å². The molecule has 0 saturated carbocycles.